The molecule has 2 aromatic rings. The van der Waals surface area contributed by atoms with Crippen molar-refractivity contribution in [1.29, 1.82) is 0 Å². The second kappa shape index (κ2) is 9.60. The summed E-state index contributed by atoms with van der Waals surface area (Å²) in [6, 6.07) is 16.0. The molecule has 0 aromatic heterocycles. The van der Waals surface area contributed by atoms with Crippen molar-refractivity contribution in [2.24, 2.45) is 0 Å². The number of hydrogen-bond acceptors (Lipinski definition) is 4. The number of carbonyl (C=O) groups is 1. The number of carbonyl (C=O) groups excluding carboxylic acids is 1. The Morgan fingerprint density at radius 2 is 1.68 bits per heavy atom. The molecule has 5 heteroatoms. The van der Waals surface area contributed by atoms with Crippen LogP contribution >= 0.6 is 0 Å². The third-order valence-corrected chi connectivity index (χ3v) is 5.45. The van der Waals surface area contributed by atoms with Crippen LogP contribution in [0.3, 0.4) is 0 Å². The Balaban J connectivity index is 1.47. The van der Waals surface area contributed by atoms with Gasteiger partial charge in [0.05, 0.1) is 0 Å². The largest absolute Gasteiger partial charge is 0.484 e. The molecule has 5 nitrogen and oxygen atoms in total. The van der Waals surface area contributed by atoms with E-state index in [1.807, 2.05) is 24.3 Å². The number of hydrogen-bond donors (Lipinski definition) is 1. The number of piperazine rings is 1. The van der Waals surface area contributed by atoms with E-state index in [2.05, 4.69) is 60.3 Å². The summed E-state index contributed by atoms with van der Waals surface area (Å²) in [5.74, 6) is 1.09. The van der Waals surface area contributed by atoms with Crippen LogP contribution in [-0.2, 0) is 4.79 Å². The summed E-state index contributed by atoms with van der Waals surface area (Å²) in [6.45, 7) is 8.61. The Labute approximate surface area is 168 Å². The highest BCUT2D eigenvalue weighted by atomic mass is 16.5. The third-order valence-electron chi connectivity index (χ3n) is 5.45. The first-order valence-corrected chi connectivity index (χ1v) is 10.1. The van der Waals surface area contributed by atoms with Crippen molar-refractivity contribution in [3.05, 3.63) is 54.1 Å². The van der Waals surface area contributed by atoms with Gasteiger partial charge < -0.3 is 19.9 Å². The van der Waals surface area contributed by atoms with Crippen LogP contribution in [0.5, 0.6) is 5.75 Å². The molecular formula is C23H31N3O2. The molecule has 1 amide bonds. The first-order valence-electron chi connectivity index (χ1n) is 10.1. The Morgan fingerprint density at radius 3 is 2.29 bits per heavy atom. The predicted molar refractivity (Wildman–Crippen MR) is 115 cm³/mol. The van der Waals surface area contributed by atoms with E-state index < -0.39 is 0 Å². The maximum absolute atomic E-state index is 12.2. The van der Waals surface area contributed by atoms with Crippen LogP contribution in [0.2, 0.25) is 0 Å². The van der Waals surface area contributed by atoms with Gasteiger partial charge in [-0.15, -0.1) is 0 Å². The molecule has 1 aliphatic rings. The number of benzene rings is 2. The predicted octanol–water partition coefficient (Wildman–Crippen LogP) is 3.97. The van der Waals surface area contributed by atoms with Crippen LogP contribution in [0.25, 0.3) is 0 Å². The second-order valence-corrected chi connectivity index (χ2v) is 7.55. The van der Waals surface area contributed by atoms with E-state index in [1.54, 1.807) is 0 Å². The quantitative estimate of drug-likeness (QED) is 0.788. The fourth-order valence-electron chi connectivity index (χ4n) is 3.29. The maximum Gasteiger partial charge on any atom is 0.262 e. The van der Waals surface area contributed by atoms with Gasteiger partial charge in [0.1, 0.15) is 5.75 Å². The highest BCUT2D eigenvalue weighted by Crippen LogP contribution is 2.22. The molecule has 0 aliphatic carbocycles. The van der Waals surface area contributed by atoms with Crippen molar-refractivity contribution in [1.82, 2.24) is 4.90 Å². The van der Waals surface area contributed by atoms with Gasteiger partial charge in [0.15, 0.2) is 6.61 Å². The first-order chi connectivity index (χ1) is 13.5. The minimum atomic E-state index is -0.154. The molecule has 150 valence electrons. The Bertz CT molecular complexity index is 750. The number of nitrogens with one attached hydrogen (secondary N) is 1. The van der Waals surface area contributed by atoms with Crippen LogP contribution in [0.1, 0.15) is 31.7 Å². The van der Waals surface area contributed by atoms with E-state index in [1.165, 1.54) is 11.3 Å². The molecule has 1 saturated heterocycles. The summed E-state index contributed by atoms with van der Waals surface area (Å²) < 4.78 is 5.61. The van der Waals surface area contributed by atoms with Gasteiger partial charge in [-0.05, 0) is 61.3 Å². The summed E-state index contributed by atoms with van der Waals surface area (Å²) in [7, 11) is 2.15. The van der Waals surface area contributed by atoms with Crippen molar-refractivity contribution in [2.45, 2.75) is 26.2 Å². The van der Waals surface area contributed by atoms with Gasteiger partial charge in [-0.3, -0.25) is 4.79 Å². The van der Waals surface area contributed by atoms with E-state index in [-0.39, 0.29) is 12.5 Å². The van der Waals surface area contributed by atoms with Crippen molar-refractivity contribution < 1.29 is 9.53 Å². The van der Waals surface area contributed by atoms with E-state index in [9.17, 15) is 4.79 Å². The van der Waals surface area contributed by atoms with Gasteiger partial charge >= 0.3 is 0 Å². The number of likely N-dealkylation sites (N-methyl/N-ethyl adjacent to an activating group) is 1. The Morgan fingerprint density at radius 1 is 1.04 bits per heavy atom. The lowest BCUT2D eigenvalue weighted by molar-refractivity contribution is -0.118. The molecule has 0 saturated carbocycles. The van der Waals surface area contributed by atoms with Gasteiger partial charge in [-0.2, -0.15) is 0 Å². The van der Waals surface area contributed by atoms with E-state index >= 15 is 0 Å². The van der Waals surface area contributed by atoms with Crippen LogP contribution in [0.15, 0.2) is 48.5 Å². The summed E-state index contributed by atoms with van der Waals surface area (Å²) in [5.41, 5.74) is 3.28. The molecule has 0 bridgehead atoms. The molecule has 2 aromatic carbocycles. The zero-order valence-corrected chi connectivity index (χ0v) is 17.1. The molecule has 1 fully saturated rings. The molecule has 1 N–H and O–H groups in total. The van der Waals surface area contributed by atoms with Crippen LogP contribution in [0, 0.1) is 0 Å². The van der Waals surface area contributed by atoms with Crippen LogP contribution < -0.4 is 15.0 Å². The molecular weight excluding hydrogens is 350 g/mol. The average Bonchev–Trinajstić information content (AvgIpc) is 2.73. The van der Waals surface area contributed by atoms with Gasteiger partial charge in [0.2, 0.25) is 0 Å². The van der Waals surface area contributed by atoms with Gasteiger partial charge in [-0.25, -0.2) is 0 Å². The number of ether oxygens (including phenoxy) is 1. The molecule has 0 spiro atoms. The summed E-state index contributed by atoms with van der Waals surface area (Å²) in [4.78, 5) is 16.9. The van der Waals surface area contributed by atoms with Crippen molar-refractivity contribution >= 4 is 17.3 Å². The molecule has 0 unspecified atom stereocenters. The molecule has 0 radical (unpaired) electrons. The van der Waals surface area contributed by atoms with Gasteiger partial charge in [0, 0.05) is 37.6 Å². The zero-order chi connectivity index (χ0) is 19.9. The zero-order valence-electron chi connectivity index (χ0n) is 17.1. The normalized spacial score (nSPS) is 15.9. The highest BCUT2D eigenvalue weighted by molar-refractivity contribution is 5.92. The number of anilines is 2. The van der Waals surface area contributed by atoms with Gasteiger partial charge in [0.25, 0.3) is 5.91 Å². The standard InChI is InChI=1S/C23H31N3O2/c1-4-18(2)19-5-11-22(12-6-19)28-17-23(27)24-20-7-9-21(10-8-20)26-15-13-25(3)14-16-26/h5-12,18H,4,13-17H2,1-3H3,(H,24,27)/t18-/m1/s1. The molecule has 3 rings (SSSR count). The Hall–Kier alpha value is -2.53. The minimum Gasteiger partial charge on any atom is -0.484 e. The maximum atomic E-state index is 12.2. The minimum absolute atomic E-state index is 0.00287. The summed E-state index contributed by atoms with van der Waals surface area (Å²) in [6.07, 6.45) is 1.11. The lowest BCUT2D eigenvalue weighted by Crippen LogP contribution is -2.44. The fourth-order valence-corrected chi connectivity index (χ4v) is 3.29. The highest BCUT2D eigenvalue weighted by Gasteiger charge is 2.14. The van der Waals surface area contributed by atoms with Gasteiger partial charge in [-0.1, -0.05) is 26.0 Å². The molecule has 1 aliphatic heterocycles. The summed E-state index contributed by atoms with van der Waals surface area (Å²) in [5, 5.41) is 2.90. The molecule has 1 atom stereocenters. The SMILES string of the molecule is CC[C@@H](C)c1ccc(OCC(=O)Nc2ccc(N3CCN(C)CC3)cc2)cc1. The van der Waals surface area contributed by atoms with Crippen LogP contribution in [-0.4, -0.2) is 50.6 Å². The third kappa shape index (κ3) is 5.49. The molecule has 1 heterocycles. The second-order valence-electron chi connectivity index (χ2n) is 7.55. The van der Waals surface area contributed by atoms with Crippen molar-refractivity contribution in [3.63, 3.8) is 0 Å². The Kier molecular flexibility index (Phi) is 6.93. The first kappa shape index (κ1) is 20.2. The fraction of sp³-hybridized carbons (Fsp3) is 0.435. The smallest absolute Gasteiger partial charge is 0.262 e. The molecule has 28 heavy (non-hydrogen) atoms. The lowest BCUT2D eigenvalue weighted by atomic mass is 9.99. The van der Waals surface area contributed by atoms with E-state index in [4.69, 9.17) is 4.74 Å². The monoisotopic (exact) mass is 381 g/mol. The van der Waals surface area contributed by atoms with E-state index in [0.717, 1.165) is 38.3 Å². The lowest BCUT2D eigenvalue weighted by Gasteiger charge is -2.34. The number of rotatable bonds is 7. The van der Waals surface area contributed by atoms with E-state index in [0.29, 0.717) is 11.7 Å². The summed E-state index contributed by atoms with van der Waals surface area (Å²) >= 11 is 0. The number of amides is 1. The van der Waals surface area contributed by atoms with Crippen LogP contribution in [0.4, 0.5) is 11.4 Å². The van der Waals surface area contributed by atoms with Crippen molar-refractivity contribution in [2.75, 3.05) is 50.1 Å². The number of nitrogens with zero attached hydrogens (tertiary/aromatic N) is 2. The van der Waals surface area contributed by atoms with Crippen molar-refractivity contribution in [3.8, 4) is 5.75 Å². The average molecular weight is 382 g/mol. The topological polar surface area (TPSA) is 44.8 Å².